The molecule has 2 aromatic carbocycles. The zero-order valence-electron chi connectivity index (χ0n) is 22.6. The zero-order chi connectivity index (χ0) is 27.5. The lowest BCUT2D eigenvalue weighted by molar-refractivity contribution is -0.140. The van der Waals surface area contributed by atoms with Gasteiger partial charge in [-0.1, -0.05) is 12.1 Å². The number of fused-ring (bicyclic) bond motifs is 1. The van der Waals surface area contributed by atoms with E-state index in [0.717, 1.165) is 16.8 Å². The summed E-state index contributed by atoms with van der Waals surface area (Å²) in [6.07, 6.45) is 0.895. The number of esters is 1. The molecule has 2 aromatic rings. The van der Waals surface area contributed by atoms with Gasteiger partial charge in [-0.15, -0.1) is 0 Å². The number of ketones is 1. The molecule has 2 aliphatic heterocycles. The van der Waals surface area contributed by atoms with Gasteiger partial charge in [-0.3, -0.25) is 4.79 Å². The third-order valence-corrected chi connectivity index (χ3v) is 7.26. The molecule has 2 atom stereocenters. The summed E-state index contributed by atoms with van der Waals surface area (Å²) in [5, 5.41) is 3.38. The third kappa shape index (κ3) is 5.18. The van der Waals surface area contributed by atoms with Crippen molar-refractivity contribution >= 4 is 11.8 Å². The van der Waals surface area contributed by atoms with Gasteiger partial charge in [-0.25, -0.2) is 4.79 Å². The lowest BCUT2D eigenvalue weighted by Gasteiger charge is -2.36. The molecule has 5 rings (SSSR count). The molecule has 0 spiro atoms. The van der Waals surface area contributed by atoms with Crippen LogP contribution in [-0.2, 0) is 19.1 Å². The van der Waals surface area contributed by atoms with Crippen molar-refractivity contribution in [2.75, 3.05) is 40.8 Å². The fraction of sp³-hybridized carbons (Fsp3) is 0.400. The SMILES string of the molecule is CCOc1ccc([C@H]2CC(=O)C3=C(C2)NC(C)=C(C(=O)OCCOC)[C@@H]3c2ccc3c(c2)OCO3)cc1OC. The molecule has 206 valence electrons. The van der Waals surface area contributed by atoms with Crippen LogP contribution in [0.3, 0.4) is 0 Å². The Hall–Kier alpha value is -3.98. The fourth-order valence-corrected chi connectivity index (χ4v) is 5.48. The van der Waals surface area contributed by atoms with E-state index in [1.165, 1.54) is 0 Å². The van der Waals surface area contributed by atoms with Gasteiger partial charge in [0.15, 0.2) is 28.8 Å². The molecule has 0 saturated heterocycles. The van der Waals surface area contributed by atoms with Gasteiger partial charge in [0.05, 0.1) is 25.9 Å². The summed E-state index contributed by atoms with van der Waals surface area (Å²) in [5.41, 5.74) is 4.18. The normalized spacial score (nSPS) is 19.9. The van der Waals surface area contributed by atoms with Crippen molar-refractivity contribution in [2.45, 2.75) is 38.5 Å². The average molecular weight is 536 g/mol. The molecule has 9 heteroatoms. The Kier molecular flexibility index (Phi) is 7.79. The monoisotopic (exact) mass is 535 g/mol. The van der Waals surface area contributed by atoms with Crippen molar-refractivity contribution in [2.24, 2.45) is 0 Å². The van der Waals surface area contributed by atoms with Crippen LogP contribution in [0.2, 0.25) is 0 Å². The summed E-state index contributed by atoms with van der Waals surface area (Å²) < 4.78 is 32.9. The number of hydrogen-bond acceptors (Lipinski definition) is 9. The molecule has 3 aliphatic rings. The first-order valence-corrected chi connectivity index (χ1v) is 13.1. The van der Waals surface area contributed by atoms with Crippen LogP contribution >= 0.6 is 0 Å². The van der Waals surface area contributed by atoms with E-state index in [0.29, 0.717) is 59.3 Å². The van der Waals surface area contributed by atoms with Gasteiger partial charge in [-0.2, -0.15) is 0 Å². The maximum Gasteiger partial charge on any atom is 0.336 e. The summed E-state index contributed by atoms with van der Waals surface area (Å²) >= 11 is 0. The van der Waals surface area contributed by atoms with Crippen LogP contribution in [-0.4, -0.2) is 52.6 Å². The van der Waals surface area contributed by atoms with E-state index < -0.39 is 11.9 Å². The second kappa shape index (κ2) is 11.4. The van der Waals surface area contributed by atoms with Crippen LogP contribution in [0.15, 0.2) is 58.9 Å². The summed E-state index contributed by atoms with van der Waals surface area (Å²) in [7, 11) is 3.15. The maximum atomic E-state index is 13.9. The third-order valence-electron chi connectivity index (χ3n) is 7.26. The number of allylic oxidation sites excluding steroid dienone is 3. The van der Waals surface area contributed by atoms with Crippen molar-refractivity contribution in [3.05, 3.63) is 70.1 Å². The van der Waals surface area contributed by atoms with Gasteiger partial charge in [-0.05, 0) is 61.6 Å². The van der Waals surface area contributed by atoms with Crippen LogP contribution in [0.4, 0.5) is 0 Å². The minimum Gasteiger partial charge on any atom is -0.493 e. The number of hydrogen-bond donors (Lipinski definition) is 1. The molecular formula is C30H33NO8. The zero-order valence-corrected chi connectivity index (χ0v) is 22.6. The van der Waals surface area contributed by atoms with E-state index in [-0.39, 0.29) is 31.7 Å². The number of methoxy groups -OCH3 is 2. The van der Waals surface area contributed by atoms with Gasteiger partial charge in [0.25, 0.3) is 0 Å². The predicted molar refractivity (Wildman–Crippen MR) is 142 cm³/mol. The van der Waals surface area contributed by atoms with Crippen LogP contribution in [0.5, 0.6) is 23.0 Å². The van der Waals surface area contributed by atoms with Crippen LogP contribution in [0.25, 0.3) is 0 Å². The molecule has 0 aromatic heterocycles. The highest BCUT2D eigenvalue weighted by molar-refractivity contribution is 6.04. The Balaban J connectivity index is 1.52. The Bertz CT molecular complexity index is 1340. The van der Waals surface area contributed by atoms with E-state index >= 15 is 0 Å². The van der Waals surface area contributed by atoms with Crippen LogP contribution < -0.4 is 24.3 Å². The van der Waals surface area contributed by atoms with Crippen LogP contribution in [0.1, 0.15) is 49.7 Å². The molecule has 0 radical (unpaired) electrons. The highest BCUT2D eigenvalue weighted by Crippen LogP contribution is 2.48. The quantitative estimate of drug-likeness (QED) is 0.370. The van der Waals surface area contributed by atoms with Crippen molar-refractivity contribution < 1.29 is 38.0 Å². The van der Waals surface area contributed by atoms with E-state index in [1.54, 1.807) is 14.2 Å². The minimum absolute atomic E-state index is 0.0287. The first-order valence-electron chi connectivity index (χ1n) is 13.1. The first-order chi connectivity index (χ1) is 18.9. The fourth-order valence-electron chi connectivity index (χ4n) is 5.48. The van der Waals surface area contributed by atoms with E-state index in [9.17, 15) is 9.59 Å². The molecule has 0 saturated carbocycles. The number of carbonyl (C=O) groups excluding carboxylic acids is 2. The van der Waals surface area contributed by atoms with Crippen molar-refractivity contribution in [1.29, 1.82) is 0 Å². The van der Waals surface area contributed by atoms with Crippen molar-refractivity contribution in [1.82, 2.24) is 5.32 Å². The lowest BCUT2D eigenvalue weighted by atomic mass is 9.71. The van der Waals surface area contributed by atoms with E-state index in [1.807, 2.05) is 50.2 Å². The summed E-state index contributed by atoms with van der Waals surface area (Å²) in [6, 6.07) is 11.3. The first kappa shape index (κ1) is 26.6. The largest absolute Gasteiger partial charge is 0.493 e. The minimum atomic E-state index is -0.603. The number of nitrogens with one attached hydrogen (secondary N) is 1. The average Bonchev–Trinajstić information content (AvgIpc) is 3.40. The number of carbonyl (C=O) groups is 2. The van der Waals surface area contributed by atoms with Gasteiger partial charge in [0.1, 0.15) is 6.61 Å². The Morgan fingerprint density at radius 3 is 2.56 bits per heavy atom. The second-order valence-corrected chi connectivity index (χ2v) is 9.60. The molecule has 1 aliphatic carbocycles. The molecule has 0 amide bonds. The highest BCUT2D eigenvalue weighted by atomic mass is 16.7. The van der Waals surface area contributed by atoms with Crippen LogP contribution in [0, 0.1) is 0 Å². The number of rotatable bonds is 9. The molecule has 1 N–H and O–H groups in total. The Morgan fingerprint density at radius 1 is 1.00 bits per heavy atom. The van der Waals surface area contributed by atoms with Gasteiger partial charge >= 0.3 is 5.97 Å². The predicted octanol–water partition coefficient (Wildman–Crippen LogP) is 4.37. The number of ether oxygens (including phenoxy) is 6. The number of Topliss-reactive ketones (excluding diaryl/α,β-unsaturated/α-hetero) is 1. The van der Waals surface area contributed by atoms with Gasteiger partial charge < -0.3 is 33.7 Å². The number of dihydropyridines is 1. The molecule has 39 heavy (non-hydrogen) atoms. The second-order valence-electron chi connectivity index (χ2n) is 9.60. The topological polar surface area (TPSA) is 102 Å². The van der Waals surface area contributed by atoms with Gasteiger partial charge in [0, 0.05) is 36.4 Å². The molecule has 0 fully saturated rings. The Morgan fingerprint density at radius 2 is 1.79 bits per heavy atom. The molecule has 9 nitrogen and oxygen atoms in total. The van der Waals surface area contributed by atoms with E-state index in [2.05, 4.69) is 5.32 Å². The maximum absolute atomic E-state index is 13.9. The molecule has 0 unspecified atom stereocenters. The smallest absolute Gasteiger partial charge is 0.336 e. The number of benzene rings is 2. The summed E-state index contributed by atoms with van der Waals surface area (Å²) in [4.78, 5) is 27.2. The van der Waals surface area contributed by atoms with E-state index in [4.69, 9.17) is 28.4 Å². The standard InChI is InChI=1S/C30H33NO8/c1-5-36-23-8-6-18(14-25(23)35-4)20-12-21-29(22(32)13-20)28(19-7-9-24-26(15-19)39-16-38-24)27(17(2)31-21)30(33)37-11-10-34-3/h6-9,14-15,20,28,31H,5,10-13,16H2,1-4H3/t20-,28+/m1/s1. The van der Waals surface area contributed by atoms with Crippen molar-refractivity contribution in [3.63, 3.8) is 0 Å². The highest BCUT2D eigenvalue weighted by Gasteiger charge is 2.42. The summed E-state index contributed by atoms with van der Waals surface area (Å²) in [6.45, 7) is 4.81. The lowest BCUT2D eigenvalue weighted by Crippen LogP contribution is -2.36. The van der Waals surface area contributed by atoms with Gasteiger partial charge in [0.2, 0.25) is 6.79 Å². The molecule has 0 bridgehead atoms. The molecule has 2 heterocycles. The van der Waals surface area contributed by atoms with Crippen molar-refractivity contribution in [3.8, 4) is 23.0 Å². The molecular weight excluding hydrogens is 502 g/mol. The summed E-state index contributed by atoms with van der Waals surface area (Å²) in [5.74, 6) is 1.33. The Labute approximate surface area is 227 Å².